The molecule has 27 heavy (non-hydrogen) atoms. The van der Waals surface area contributed by atoms with Gasteiger partial charge >= 0.3 is 0 Å². The number of nitrogens with zero attached hydrogens (tertiary/aromatic N) is 4. The molecule has 0 amide bonds. The number of aromatic amines is 1. The smallest absolute Gasteiger partial charge is 0.225 e. The number of hydrogen-bond acceptors (Lipinski definition) is 6. The number of pyridine rings is 2. The topological polar surface area (TPSA) is 115 Å². The zero-order valence-corrected chi connectivity index (χ0v) is 15.7. The van der Waals surface area contributed by atoms with E-state index in [1.54, 1.807) is 12.3 Å². The van der Waals surface area contributed by atoms with E-state index in [2.05, 4.69) is 31.5 Å². The van der Waals surface area contributed by atoms with Gasteiger partial charge in [-0.15, -0.1) is 0 Å². The number of H-pyrrole nitrogens is 1. The van der Waals surface area contributed by atoms with E-state index in [-0.39, 0.29) is 12.1 Å². The molecule has 1 saturated heterocycles. The maximum absolute atomic E-state index is 12.0. The van der Waals surface area contributed by atoms with Crippen molar-refractivity contribution in [2.24, 2.45) is 0 Å². The van der Waals surface area contributed by atoms with Gasteiger partial charge in [-0.1, -0.05) is 0 Å². The first kappa shape index (κ1) is 17.7. The SMILES string of the molecule is CC1CCC(NS(=O)(=O)CC#N)CN1c1nccc2cnc3[nH]ccc3c12. The second-order valence-electron chi connectivity index (χ2n) is 6.91. The Labute approximate surface area is 157 Å². The molecule has 140 valence electrons. The molecule has 3 aromatic heterocycles. The van der Waals surface area contributed by atoms with E-state index in [1.807, 2.05) is 24.5 Å². The lowest BCUT2D eigenvalue weighted by Crippen LogP contribution is -2.51. The molecule has 3 aromatic rings. The van der Waals surface area contributed by atoms with Crippen LogP contribution in [0.3, 0.4) is 0 Å². The quantitative estimate of drug-likeness (QED) is 0.710. The van der Waals surface area contributed by atoms with Gasteiger partial charge < -0.3 is 9.88 Å². The van der Waals surface area contributed by atoms with Crippen LogP contribution in [0.5, 0.6) is 0 Å². The summed E-state index contributed by atoms with van der Waals surface area (Å²) in [6, 6.07) is 5.59. The minimum Gasteiger partial charge on any atom is -0.352 e. The summed E-state index contributed by atoms with van der Waals surface area (Å²) in [6.45, 7) is 2.63. The number of nitriles is 1. The van der Waals surface area contributed by atoms with Crippen molar-refractivity contribution >= 4 is 37.6 Å². The van der Waals surface area contributed by atoms with Crippen molar-refractivity contribution in [1.82, 2.24) is 19.7 Å². The molecule has 0 radical (unpaired) electrons. The van der Waals surface area contributed by atoms with Crippen LogP contribution < -0.4 is 9.62 Å². The summed E-state index contributed by atoms with van der Waals surface area (Å²) in [5.74, 6) is 0.303. The van der Waals surface area contributed by atoms with E-state index in [1.165, 1.54) is 0 Å². The molecule has 2 N–H and O–H groups in total. The fraction of sp³-hybridized carbons (Fsp3) is 0.389. The minimum atomic E-state index is -3.60. The van der Waals surface area contributed by atoms with Crippen molar-refractivity contribution in [2.75, 3.05) is 17.2 Å². The molecule has 1 aliphatic heterocycles. The maximum atomic E-state index is 12.0. The van der Waals surface area contributed by atoms with Gasteiger partial charge in [0.05, 0.1) is 6.07 Å². The maximum Gasteiger partial charge on any atom is 0.225 e. The standard InChI is InChI=1S/C18H20N6O2S/c1-12-2-3-14(23-27(25,26)9-6-19)11-24(12)18-16-13(4-7-21-18)10-22-17-15(16)5-8-20-17/h4-5,7-8,10,12,14,23H,2-3,9,11H2,1H3,(H,20,22). The molecule has 2 atom stereocenters. The van der Waals surface area contributed by atoms with Crippen LogP contribution in [-0.4, -0.2) is 47.8 Å². The van der Waals surface area contributed by atoms with Gasteiger partial charge in [-0.25, -0.2) is 23.1 Å². The second kappa shape index (κ2) is 6.79. The summed E-state index contributed by atoms with van der Waals surface area (Å²) in [6.07, 6.45) is 6.99. The van der Waals surface area contributed by atoms with Crippen LogP contribution in [0, 0.1) is 11.3 Å². The molecule has 4 rings (SSSR count). The Balaban J connectivity index is 1.73. The average molecular weight is 384 g/mol. The third-order valence-electron chi connectivity index (χ3n) is 5.05. The van der Waals surface area contributed by atoms with E-state index in [9.17, 15) is 8.42 Å². The van der Waals surface area contributed by atoms with E-state index < -0.39 is 15.8 Å². The van der Waals surface area contributed by atoms with Crippen LogP contribution in [0.25, 0.3) is 21.8 Å². The summed E-state index contributed by atoms with van der Waals surface area (Å²) in [7, 11) is -3.60. The Kier molecular flexibility index (Phi) is 4.45. The number of anilines is 1. The van der Waals surface area contributed by atoms with Gasteiger partial charge in [0.2, 0.25) is 10.0 Å². The highest BCUT2D eigenvalue weighted by Gasteiger charge is 2.30. The van der Waals surface area contributed by atoms with Crippen molar-refractivity contribution in [3.63, 3.8) is 0 Å². The highest BCUT2D eigenvalue weighted by atomic mass is 32.2. The first-order valence-electron chi connectivity index (χ1n) is 8.83. The molecule has 4 heterocycles. The van der Waals surface area contributed by atoms with Crippen molar-refractivity contribution in [2.45, 2.75) is 31.8 Å². The monoisotopic (exact) mass is 384 g/mol. The molecule has 0 aliphatic carbocycles. The van der Waals surface area contributed by atoms with Crippen LogP contribution in [0.4, 0.5) is 5.82 Å². The fourth-order valence-electron chi connectivity index (χ4n) is 3.75. The number of nitrogens with one attached hydrogen (secondary N) is 2. The summed E-state index contributed by atoms with van der Waals surface area (Å²) < 4.78 is 26.6. The normalized spacial score (nSPS) is 20.8. The summed E-state index contributed by atoms with van der Waals surface area (Å²) in [5, 5.41) is 11.7. The van der Waals surface area contributed by atoms with Gasteiger partial charge in [0, 0.05) is 53.4 Å². The predicted octanol–water partition coefficient (Wildman–Crippen LogP) is 1.91. The molecule has 1 fully saturated rings. The Bertz CT molecular complexity index is 1130. The highest BCUT2D eigenvalue weighted by Crippen LogP contribution is 2.33. The molecular weight excluding hydrogens is 364 g/mol. The van der Waals surface area contributed by atoms with Gasteiger partial charge in [-0.3, -0.25) is 0 Å². The molecule has 9 heteroatoms. The largest absolute Gasteiger partial charge is 0.352 e. The Morgan fingerprint density at radius 3 is 3.04 bits per heavy atom. The Hall–Kier alpha value is -2.70. The number of sulfonamides is 1. The van der Waals surface area contributed by atoms with Gasteiger partial charge in [0.1, 0.15) is 11.5 Å². The molecule has 0 aromatic carbocycles. The number of piperidine rings is 1. The summed E-state index contributed by atoms with van der Waals surface area (Å²) in [5.41, 5.74) is 0.799. The third-order valence-corrected chi connectivity index (χ3v) is 6.25. The van der Waals surface area contributed by atoms with Crippen LogP contribution in [0.2, 0.25) is 0 Å². The van der Waals surface area contributed by atoms with E-state index in [4.69, 9.17) is 5.26 Å². The summed E-state index contributed by atoms with van der Waals surface area (Å²) in [4.78, 5) is 14.3. The van der Waals surface area contributed by atoms with Crippen molar-refractivity contribution in [3.8, 4) is 6.07 Å². The zero-order valence-electron chi connectivity index (χ0n) is 14.9. The van der Waals surface area contributed by atoms with Crippen molar-refractivity contribution < 1.29 is 8.42 Å². The number of hydrogen-bond donors (Lipinski definition) is 2. The fourth-order valence-corrected chi connectivity index (χ4v) is 4.70. The van der Waals surface area contributed by atoms with Gasteiger partial charge in [0.15, 0.2) is 5.75 Å². The van der Waals surface area contributed by atoms with Gasteiger partial charge in [-0.05, 0) is 31.9 Å². The van der Waals surface area contributed by atoms with Crippen LogP contribution in [0.15, 0.2) is 30.7 Å². The van der Waals surface area contributed by atoms with Crippen molar-refractivity contribution in [1.29, 1.82) is 5.26 Å². The van der Waals surface area contributed by atoms with Crippen molar-refractivity contribution in [3.05, 3.63) is 30.7 Å². The van der Waals surface area contributed by atoms with E-state index in [0.717, 1.165) is 40.5 Å². The molecule has 0 spiro atoms. The Morgan fingerprint density at radius 1 is 1.37 bits per heavy atom. The molecule has 8 nitrogen and oxygen atoms in total. The number of aromatic nitrogens is 3. The Morgan fingerprint density at radius 2 is 2.22 bits per heavy atom. The average Bonchev–Trinajstić information content (AvgIpc) is 3.11. The molecule has 0 bridgehead atoms. The molecular formula is C18H20N6O2S. The number of rotatable bonds is 4. The molecule has 1 aliphatic rings. The van der Waals surface area contributed by atoms with E-state index >= 15 is 0 Å². The zero-order chi connectivity index (χ0) is 19.0. The lowest BCUT2D eigenvalue weighted by atomic mass is 9.99. The van der Waals surface area contributed by atoms with E-state index in [0.29, 0.717) is 6.54 Å². The first-order valence-corrected chi connectivity index (χ1v) is 10.5. The van der Waals surface area contributed by atoms with Crippen LogP contribution >= 0.6 is 0 Å². The minimum absolute atomic E-state index is 0.224. The lowest BCUT2D eigenvalue weighted by molar-refractivity contribution is 0.411. The summed E-state index contributed by atoms with van der Waals surface area (Å²) >= 11 is 0. The van der Waals surface area contributed by atoms with Gasteiger partial charge in [-0.2, -0.15) is 5.26 Å². The van der Waals surface area contributed by atoms with Gasteiger partial charge in [0.25, 0.3) is 0 Å². The molecule has 2 unspecified atom stereocenters. The second-order valence-corrected chi connectivity index (χ2v) is 8.66. The first-order chi connectivity index (χ1) is 13.0. The lowest BCUT2D eigenvalue weighted by Gasteiger charge is -2.39. The highest BCUT2D eigenvalue weighted by molar-refractivity contribution is 7.89. The number of fused-ring (bicyclic) bond motifs is 3. The predicted molar refractivity (Wildman–Crippen MR) is 104 cm³/mol. The van der Waals surface area contributed by atoms with Crippen LogP contribution in [-0.2, 0) is 10.0 Å². The van der Waals surface area contributed by atoms with Crippen LogP contribution in [0.1, 0.15) is 19.8 Å². The molecule has 0 saturated carbocycles. The third kappa shape index (κ3) is 3.34.